The van der Waals surface area contributed by atoms with Crippen LogP contribution in [-0.4, -0.2) is 24.9 Å². The molecule has 2 aromatic carbocycles. The summed E-state index contributed by atoms with van der Waals surface area (Å²) in [5.74, 6) is -1.31. The predicted molar refractivity (Wildman–Crippen MR) is 99.0 cm³/mol. The van der Waals surface area contributed by atoms with Crippen LogP contribution in [0.5, 0.6) is 0 Å². The molecule has 0 aromatic heterocycles. The minimum absolute atomic E-state index is 0.0383. The van der Waals surface area contributed by atoms with E-state index in [1.807, 2.05) is 24.3 Å². The molecule has 1 atom stereocenters. The first kappa shape index (κ1) is 18.5. The molecule has 0 bridgehead atoms. The van der Waals surface area contributed by atoms with Crippen LogP contribution in [0.15, 0.2) is 48.5 Å². The Labute approximate surface area is 160 Å². The van der Waals surface area contributed by atoms with Gasteiger partial charge < -0.3 is 9.80 Å². The van der Waals surface area contributed by atoms with Gasteiger partial charge in [-0.1, -0.05) is 30.3 Å². The quantitative estimate of drug-likeness (QED) is 0.779. The Morgan fingerprint density at radius 2 is 1.68 bits per heavy atom. The van der Waals surface area contributed by atoms with Gasteiger partial charge >= 0.3 is 6.18 Å². The van der Waals surface area contributed by atoms with E-state index >= 15 is 0 Å². The molecule has 2 aromatic rings. The summed E-state index contributed by atoms with van der Waals surface area (Å²) in [4.78, 5) is 28.4. The maximum absolute atomic E-state index is 13.3. The summed E-state index contributed by atoms with van der Waals surface area (Å²) in [6.07, 6.45) is -2.94. The van der Waals surface area contributed by atoms with Crippen molar-refractivity contribution in [3.05, 3.63) is 59.7 Å². The largest absolute Gasteiger partial charge is 0.418 e. The number of carbonyl (C=O) groups excluding carboxylic acids is 2. The summed E-state index contributed by atoms with van der Waals surface area (Å²) in [6, 6.07) is 12.6. The fourth-order valence-corrected chi connectivity index (χ4v) is 4.04. The van der Waals surface area contributed by atoms with E-state index in [9.17, 15) is 22.8 Å². The zero-order chi connectivity index (χ0) is 19.9. The topological polar surface area (TPSA) is 40.6 Å². The van der Waals surface area contributed by atoms with E-state index < -0.39 is 23.6 Å². The highest BCUT2D eigenvalue weighted by Gasteiger charge is 2.42. The number of aryl methyl sites for hydroxylation is 1. The highest BCUT2D eigenvalue weighted by Crippen LogP contribution is 2.39. The van der Waals surface area contributed by atoms with Crippen molar-refractivity contribution in [1.29, 1.82) is 0 Å². The Kier molecular flexibility index (Phi) is 4.61. The number of amides is 2. The minimum Gasteiger partial charge on any atom is -0.312 e. The van der Waals surface area contributed by atoms with Crippen molar-refractivity contribution in [2.75, 3.05) is 22.9 Å². The average molecular weight is 388 g/mol. The molecule has 28 heavy (non-hydrogen) atoms. The van der Waals surface area contributed by atoms with Crippen molar-refractivity contribution < 1.29 is 22.8 Å². The zero-order valence-corrected chi connectivity index (χ0v) is 15.1. The van der Waals surface area contributed by atoms with Crippen molar-refractivity contribution in [2.24, 2.45) is 5.92 Å². The van der Waals surface area contributed by atoms with Crippen LogP contribution in [-0.2, 0) is 22.2 Å². The summed E-state index contributed by atoms with van der Waals surface area (Å²) in [7, 11) is 0. The standard InChI is InChI=1S/C21H19F3N2O2/c22-21(23,24)16-8-2-4-10-18(16)26-13-15(12-19(26)27)20(28)25-11-5-7-14-6-1-3-9-17(14)25/h1-4,6,8-10,15H,5,7,11-13H2. The maximum atomic E-state index is 13.3. The molecule has 2 amide bonds. The first-order chi connectivity index (χ1) is 13.4. The van der Waals surface area contributed by atoms with Crippen molar-refractivity contribution in [1.82, 2.24) is 0 Å². The number of nitrogens with zero attached hydrogens (tertiary/aromatic N) is 2. The molecule has 1 unspecified atom stereocenters. The second-order valence-electron chi connectivity index (χ2n) is 7.14. The third kappa shape index (κ3) is 3.25. The van der Waals surface area contributed by atoms with E-state index in [4.69, 9.17) is 0 Å². The smallest absolute Gasteiger partial charge is 0.312 e. The van der Waals surface area contributed by atoms with Crippen LogP contribution in [0, 0.1) is 5.92 Å². The molecule has 146 valence electrons. The van der Waals surface area contributed by atoms with Gasteiger partial charge in [0.15, 0.2) is 0 Å². The maximum Gasteiger partial charge on any atom is 0.418 e. The molecule has 2 heterocycles. The summed E-state index contributed by atoms with van der Waals surface area (Å²) >= 11 is 0. The van der Waals surface area contributed by atoms with Crippen LogP contribution in [0.3, 0.4) is 0 Å². The van der Waals surface area contributed by atoms with Gasteiger partial charge in [0, 0.05) is 25.2 Å². The van der Waals surface area contributed by atoms with Gasteiger partial charge in [0.1, 0.15) is 0 Å². The summed E-state index contributed by atoms with van der Waals surface area (Å²) in [6.45, 7) is 0.517. The van der Waals surface area contributed by atoms with Crippen molar-refractivity contribution in [2.45, 2.75) is 25.4 Å². The molecule has 0 spiro atoms. The van der Waals surface area contributed by atoms with Crippen LogP contribution in [0.4, 0.5) is 24.5 Å². The van der Waals surface area contributed by atoms with Gasteiger partial charge in [0.2, 0.25) is 11.8 Å². The average Bonchev–Trinajstić information content (AvgIpc) is 3.08. The summed E-state index contributed by atoms with van der Waals surface area (Å²) in [5, 5.41) is 0. The van der Waals surface area contributed by atoms with E-state index in [0.717, 1.165) is 35.1 Å². The minimum atomic E-state index is -4.56. The monoisotopic (exact) mass is 388 g/mol. The molecule has 4 nitrogen and oxygen atoms in total. The Hall–Kier alpha value is -2.83. The molecule has 2 aliphatic heterocycles. The lowest BCUT2D eigenvalue weighted by Crippen LogP contribution is -2.40. The number of benzene rings is 2. The number of carbonyl (C=O) groups is 2. The van der Waals surface area contributed by atoms with E-state index in [0.29, 0.717) is 6.54 Å². The van der Waals surface area contributed by atoms with Gasteiger partial charge in [-0.3, -0.25) is 9.59 Å². The van der Waals surface area contributed by atoms with Gasteiger partial charge in [0.25, 0.3) is 0 Å². The zero-order valence-electron chi connectivity index (χ0n) is 15.1. The lowest BCUT2D eigenvalue weighted by Gasteiger charge is -2.31. The molecule has 0 saturated carbocycles. The number of alkyl halides is 3. The van der Waals surface area contributed by atoms with E-state index in [1.54, 1.807) is 4.90 Å². The van der Waals surface area contributed by atoms with Crippen LogP contribution in [0.1, 0.15) is 24.0 Å². The van der Waals surface area contributed by atoms with Gasteiger partial charge in [-0.05, 0) is 36.6 Å². The normalized spacial score (nSPS) is 19.7. The van der Waals surface area contributed by atoms with E-state index in [2.05, 4.69) is 0 Å². The van der Waals surface area contributed by atoms with Crippen LogP contribution in [0.2, 0.25) is 0 Å². The number of fused-ring (bicyclic) bond motifs is 1. The molecule has 4 rings (SSSR count). The molecule has 0 aliphatic carbocycles. The van der Waals surface area contributed by atoms with Crippen LogP contribution in [0.25, 0.3) is 0 Å². The molecule has 1 fully saturated rings. The number of rotatable bonds is 2. The SMILES string of the molecule is O=C(C1CC(=O)N(c2ccccc2C(F)(F)F)C1)N1CCCc2ccccc21. The van der Waals surface area contributed by atoms with Crippen LogP contribution >= 0.6 is 0 Å². The van der Waals surface area contributed by atoms with Crippen molar-refractivity contribution >= 4 is 23.2 Å². The van der Waals surface area contributed by atoms with E-state index in [-0.39, 0.29) is 24.6 Å². The fraction of sp³-hybridized carbons (Fsp3) is 0.333. The second-order valence-corrected chi connectivity index (χ2v) is 7.14. The number of anilines is 2. The third-order valence-electron chi connectivity index (χ3n) is 5.35. The van der Waals surface area contributed by atoms with Gasteiger partial charge in [0.05, 0.1) is 17.2 Å². The highest BCUT2D eigenvalue weighted by atomic mass is 19.4. The van der Waals surface area contributed by atoms with Gasteiger partial charge in [-0.2, -0.15) is 13.2 Å². The number of hydrogen-bond donors (Lipinski definition) is 0. The van der Waals surface area contributed by atoms with Gasteiger partial charge in [-0.15, -0.1) is 0 Å². The lowest BCUT2D eigenvalue weighted by atomic mass is 9.99. The van der Waals surface area contributed by atoms with E-state index in [1.165, 1.54) is 18.2 Å². The second kappa shape index (κ2) is 6.96. The molecular weight excluding hydrogens is 369 g/mol. The Bertz CT molecular complexity index is 926. The summed E-state index contributed by atoms with van der Waals surface area (Å²) in [5.41, 5.74) is 0.861. The van der Waals surface area contributed by atoms with Crippen molar-refractivity contribution in [3.63, 3.8) is 0 Å². The van der Waals surface area contributed by atoms with Crippen LogP contribution < -0.4 is 9.80 Å². The fourth-order valence-electron chi connectivity index (χ4n) is 4.04. The number of halogens is 3. The number of hydrogen-bond acceptors (Lipinski definition) is 2. The molecule has 1 saturated heterocycles. The lowest BCUT2D eigenvalue weighted by molar-refractivity contribution is -0.137. The first-order valence-corrected chi connectivity index (χ1v) is 9.22. The Morgan fingerprint density at radius 3 is 2.43 bits per heavy atom. The molecular formula is C21H19F3N2O2. The molecule has 0 N–H and O–H groups in total. The van der Waals surface area contributed by atoms with Gasteiger partial charge in [-0.25, -0.2) is 0 Å². The first-order valence-electron chi connectivity index (χ1n) is 9.22. The predicted octanol–water partition coefficient (Wildman–Crippen LogP) is 4.04. The summed E-state index contributed by atoms with van der Waals surface area (Å²) < 4.78 is 40.0. The molecule has 7 heteroatoms. The highest BCUT2D eigenvalue weighted by molar-refractivity contribution is 6.05. The number of para-hydroxylation sites is 2. The Morgan fingerprint density at radius 1 is 1.00 bits per heavy atom. The Balaban J connectivity index is 1.59. The molecule has 0 radical (unpaired) electrons. The van der Waals surface area contributed by atoms with Crippen molar-refractivity contribution in [3.8, 4) is 0 Å². The third-order valence-corrected chi connectivity index (χ3v) is 5.35. The molecule has 2 aliphatic rings.